The molecule has 0 spiro atoms. The number of hydrogen-bond donors (Lipinski definition) is 0. The molecule has 0 amide bonds. The molecule has 1 unspecified atom stereocenters. The maximum atomic E-state index is 5.26. The quantitative estimate of drug-likeness (QED) is 0.680. The lowest BCUT2D eigenvalue weighted by molar-refractivity contribution is 0.414. The van der Waals surface area contributed by atoms with E-state index in [2.05, 4.69) is 65.3 Å². The van der Waals surface area contributed by atoms with E-state index in [1.165, 1.54) is 16.7 Å². The molecule has 0 heterocycles. The van der Waals surface area contributed by atoms with Crippen molar-refractivity contribution in [3.8, 4) is 5.75 Å². The van der Waals surface area contributed by atoms with E-state index >= 15 is 0 Å². The molecule has 0 saturated heterocycles. The summed E-state index contributed by atoms with van der Waals surface area (Å²) < 4.78 is 5.26. The highest BCUT2D eigenvalue weighted by Crippen LogP contribution is 2.20. The summed E-state index contributed by atoms with van der Waals surface area (Å²) in [5.41, 5.74) is 4.07. The van der Waals surface area contributed by atoms with Gasteiger partial charge >= 0.3 is 0 Å². The van der Waals surface area contributed by atoms with Gasteiger partial charge in [0.25, 0.3) is 0 Å². The molecule has 0 radical (unpaired) electrons. The predicted octanol–water partition coefficient (Wildman–Crippen LogP) is 4.94. The van der Waals surface area contributed by atoms with Crippen molar-refractivity contribution in [1.29, 1.82) is 0 Å². The first-order valence-electron chi connectivity index (χ1n) is 7.00. The maximum absolute atomic E-state index is 5.26. The van der Waals surface area contributed by atoms with Gasteiger partial charge in [0, 0.05) is 4.83 Å². The second-order valence-corrected chi connectivity index (χ2v) is 6.48. The summed E-state index contributed by atoms with van der Waals surface area (Å²) in [4.78, 5) is 0.495. The van der Waals surface area contributed by atoms with E-state index in [-0.39, 0.29) is 0 Å². The average Bonchev–Trinajstić information content (AvgIpc) is 2.45. The van der Waals surface area contributed by atoms with Gasteiger partial charge in [0.05, 0.1) is 7.11 Å². The summed E-state index contributed by atoms with van der Waals surface area (Å²) in [7, 11) is 1.71. The summed E-state index contributed by atoms with van der Waals surface area (Å²) in [5.74, 6) is 0.931. The van der Waals surface area contributed by atoms with Gasteiger partial charge in [0.1, 0.15) is 5.75 Å². The lowest BCUT2D eigenvalue weighted by Gasteiger charge is -2.11. The number of ether oxygens (including phenoxy) is 1. The first kappa shape index (κ1) is 15.1. The Morgan fingerprint density at radius 2 is 1.80 bits per heavy atom. The normalized spacial score (nSPS) is 12.2. The van der Waals surface area contributed by atoms with Gasteiger partial charge in [-0.2, -0.15) is 0 Å². The Labute approximate surface area is 130 Å². The summed E-state index contributed by atoms with van der Waals surface area (Å²) in [5, 5.41) is 0. The van der Waals surface area contributed by atoms with Crippen molar-refractivity contribution in [2.75, 3.05) is 7.11 Å². The van der Waals surface area contributed by atoms with Gasteiger partial charge in [-0.25, -0.2) is 0 Å². The molecular formula is C18H21BrO. The van der Waals surface area contributed by atoms with E-state index in [1.54, 1.807) is 7.11 Å². The smallest absolute Gasteiger partial charge is 0.119 e. The molecule has 2 aromatic rings. The van der Waals surface area contributed by atoms with Crippen LogP contribution in [0.25, 0.3) is 0 Å². The van der Waals surface area contributed by atoms with Crippen LogP contribution in [0.5, 0.6) is 5.75 Å². The minimum atomic E-state index is 0.495. The highest BCUT2D eigenvalue weighted by Gasteiger charge is 2.07. The molecule has 0 N–H and O–H groups in total. The van der Waals surface area contributed by atoms with Gasteiger partial charge < -0.3 is 4.74 Å². The van der Waals surface area contributed by atoms with Gasteiger partial charge in [0.2, 0.25) is 0 Å². The van der Waals surface area contributed by atoms with E-state index in [4.69, 9.17) is 4.74 Å². The number of benzene rings is 2. The summed E-state index contributed by atoms with van der Waals surface area (Å²) >= 11 is 3.80. The molecule has 1 atom stereocenters. The number of aryl methyl sites for hydroxylation is 2. The van der Waals surface area contributed by atoms with Crippen LogP contribution < -0.4 is 4.74 Å². The molecule has 0 bridgehead atoms. The third-order valence-electron chi connectivity index (χ3n) is 3.42. The SMILES string of the molecule is COc1cccc(CC(Br)CCc2cccc(C)c2)c1. The lowest BCUT2D eigenvalue weighted by Crippen LogP contribution is -2.04. The molecule has 0 saturated carbocycles. The van der Waals surface area contributed by atoms with Crippen molar-refractivity contribution in [2.45, 2.75) is 31.0 Å². The van der Waals surface area contributed by atoms with Crippen LogP contribution in [0.4, 0.5) is 0 Å². The average molecular weight is 333 g/mol. The van der Waals surface area contributed by atoms with Gasteiger partial charge in [-0.15, -0.1) is 0 Å². The first-order chi connectivity index (χ1) is 9.67. The van der Waals surface area contributed by atoms with Crippen molar-refractivity contribution in [3.63, 3.8) is 0 Å². The molecule has 2 rings (SSSR count). The van der Waals surface area contributed by atoms with Crippen molar-refractivity contribution in [2.24, 2.45) is 0 Å². The van der Waals surface area contributed by atoms with Crippen molar-refractivity contribution < 1.29 is 4.74 Å². The third kappa shape index (κ3) is 4.68. The van der Waals surface area contributed by atoms with Gasteiger partial charge in [0.15, 0.2) is 0 Å². The molecule has 0 aliphatic carbocycles. The Morgan fingerprint density at radius 3 is 2.55 bits per heavy atom. The Bertz CT molecular complexity index is 551. The maximum Gasteiger partial charge on any atom is 0.119 e. The van der Waals surface area contributed by atoms with E-state index in [0.717, 1.165) is 25.0 Å². The number of halogens is 1. The predicted molar refractivity (Wildman–Crippen MR) is 88.9 cm³/mol. The fourth-order valence-electron chi connectivity index (χ4n) is 2.35. The molecule has 106 valence electrons. The molecule has 2 aromatic carbocycles. The highest BCUT2D eigenvalue weighted by atomic mass is 79.9. The second kappa shape index (κ2) is 7.49. The van der Waals surface area contributed by atoms with Crippen molar-refractivity contribution in [1.82, 2.24) is 0 Å². The molecule has 0 aliphatic rings. The molecule has 0 fully saturated rings. The largest absolute Gasteiger partial charge is 0.497 e. The Morgan fingerprint density at radius 1 is 1.05 bits per heavy atom. The number of rotatable bonds is 6. The van der Waals surface area contributed by atoms with Crippen molar-refractivity contribution >= 4 is 15.9 Å². The highest BCUT2D eigenvalue weighted by molar-refractivity contribution is 9.09. The minimum Gasteiger partial charge on any atom is -0.497 e. The first-order valence-corrected chi connectivity index (χ1v) is 7.91. The Hall–Kier alpha value is -1.28. The zero-order valence-electron chi connectivity index (χ0n) is 12.1. The van der Waals surface area contributed by atoms with Crippen LogP contribution in [-0.4, -0.2) is 11.9 Å². The number of alkyl halides is 1. The number of methoxy groups -OCH3 is 1. The Balaban J connectivity index is 1.87. The lowest BCUT2D eigenvalue weighted by atomic mass is 10.0. The Kier molecular flexibility index (Phi) is 5.66. The summed E-state index contributed by atoms with van der Waals surface area (Å²) in [6, 6.07) is 17.1. The molecular weight excluding hydrogens is 312 g/mol. The van der Waals surface area contributed by atoms with E-state index in [1.807, 2.05) is 6.07 Å². The van der Waals surface area contributed by atoms with Gasteiger partial charge in [-0.3, -0.25) is 0 Å². The van der Waals surface area contributed by atoms with Gasteiger partial charge in [-0.05, 0) is 49.4 Å². The van der Waals surface area contributed by atoms with Crippen molar-refractivity contribution in [3.05, 3.63) is 65.2 Å². The van der Waals surface area contributed by atoms with Crippen LogP contribution in [0.1, 0.15) is 23.1 Å². The topological polar surface area (TPSA) is 9.23 Å². The minimum absolute atomic E-state index is 0.495. The fraction of sp³-hybridized carbons (Fsp3) is 0.333. The molecule has 1 nitrogen and oxygen atoms in total. The summed E-state index contributed by atoms with van der Waals surface area (Å²) in [6.45, 7) is 2.14. The molecule has 0 aromatic heterocycles. The molecule has 0 aliphatic heterocycles. The van der Waals surface area contributed by atoms with Crippen LogP contribution in [-0.2, 0) is 12.8 Å². The van der Waals surface area contributed by atoms with Gasteiger partial charge in [-0.1, -0.05) is 57.9 Å². The van der Waals surface area contributed by atoms with E-state index in [0.29, 0.717) is 4.83 Å². The van der Waals surface area contributed by atoms with Crippen LogP contribution in [0.3, 0.4) is 0 Å². The molecule has 20 heavy (non-hydrogen) atoms. The zero-order chi connectivity index (χ0) is 14.4. The molecule has 2 heteroatoms. The second-order valence-electron chi connectivity index (χ2n) is 5.18. The third-order valence-corrected chi connectivity index (χ3v) is 4.20. The summed E-state index contributed by atoms with van der Waals surface area (Å²) in [6.07, 6.45) is 3.28. The van der Waals surface area contributed by atoms with Crippen LogP contribution in [0, 0.1) is 6.92 Å². The van der Waals surface area contributed by atoms with E-state index < -0.39 is 0 Å². The van der Waals surface area contributed by atoms with Crippen LogP contribution in [0.15, 0.2) is 48.5 Å². The fourth-order valence-corrected chi connectivity index (χ4v) is 2.95. The standard InChI is InChI=1S/C18H21BrO/c1-14-5-3-6-15(11-14)9-10-17(19)12-16-7-4-8-18(13-16)20-2/h3-8,11,13,17H,9-10,12H2,1-2H3. The van der Waals surface area contributed by atoms with Crippen LogP contribution in [0.2, 0.25) is 0 Å². The number of hydrogen-bond acceptors (Lipinski definition) is 1. The van der Waals surface area contributed by atoms with E-state index in [9.17, 15) is 0 Å². The monoisotopic (exact) mass is 332 g/mol. The zero-order valence-corrected chi connectivity index (χ0v) is 13.7. The van der Waals surface area contributed by atoms with Crippen LogP contribution >= 0.6 is 15.9 Å².